The zero-order chi connectivity index (χ0) is 14.2. The minimum atomic E-state index is -2.99. The van der Waals surface area contributed by atoms with Crippen molar-refractivity contribution in [2.45, 2.75) is 12.5 Å². The Morgan fingerprint density at radius 1 is 1.25 bits per heavy atom. The molecule has 5 nitrogen and oxygen atoms in total. The van der Waals surface area contributed by atoms with Crippen LogP contribution in [0.25, 0.3) is 11.3 Å². The molecule has 1 aliphatic heterocycles. The molecule has 2 aromatic rings. The van der Waals surface area contributed by atoms with Gasteiger partial charge < -0.3 is 0 Å². The van der Waals surface area contributed by atoms with Crippen LogP contribution in [0.15, 0.2) is 36.5 Å². The molecule has 6 heteroatoms. The molecule has 20 heavy (non-hydrogen) atoms. The van der Waals surface area contributed by atoms with Crippen LogP contribution >= 0.6 is 0 Å². The van der Waals surface area contributed by atoms with Crippen LogP contribution in [0.4, 0.5) is 0 Å². The van der Waals surface area contributed by atoms with Crippen LogP contribution in [0.1, 0.15) is 22.8 Å². The minimum Gasteiger partial charge on any atom is -0.298 e. The SMILES string of the molecule is O=Cc1cnn(C2CCS(=O)(=O)C2)c1-c1ccccc1. The Morgan fingerprint density at radius 2 is 2.00 bits per heavy atom. The van der Waals surface area contributed by atoms with Gasteiger partial charge in [0.1, 0.15) is 0 Å². The van der Waals surface area contributed by atoms with Gasteiger partial charge in [-0.3, -0.25) is 9.48 Å². The molecule has 1 aromatic heterocycles. The van der Waals surface area contributed by atoms with Crippen LogP contribution in [0.3, 0.4) is 0 Å². The normalized spacial score (nSPS) is 20.9. The number of benzene rings is 1. The van der Waals surface area contributed by atoms with Crippen molar-refractivity contribution in [1.82, 2.24) is 9.78 Å². The summed E-state index contributed by atoms with van der Waals surface area (Å²) < 4.78 is 24.9. The Morgan fingerprint density at radius 3 is 2.60 bits per heavy atom. The van der Waals surface area contributed by atoms with Crippen molar-refractivity contribution in [3.8, 4) is 11.3 Å². The summed E-state index contributed by atoms with van der Waals surface area (Å²) in [6.07, 6.45) is 2.80. The lowest BCUT2D eigenvalue weighted by Gasteiger charge is -2.13. The predicted octanol–water partition coefficient (Wildman–Crippen LogP) is 1.72. The molecule has 0 radical (unpaired) electrons. The molecule has 1 aromatic carbocycles. The van der Waals surface area contributed by atoms with Crippen molar-refractivity contribution >= 4 is 16.1 Å². The highest BCUT2D eigenvalue weighted by molar-refractivity contribution is 7.91. The molecule has 1 saturated heterocycles. The largest absolute Gasteiger partial charge is 0.298 e. The summed E-state index contributed by atoms with van der Waals surface area (Å²) in [5, 5.41) is 4.23. The molecule has 0 amide bonds. The smallest absolute Gasteiger partial charge is 0.153 e. The summed E-state index contributed by atoms with van der Waals surface area (Å²) in [6.45, 7) is 0. The average Bonchev–Trinajstić information content (AvgIpc) is 3.02. The first-order valence-corrected chi connectivity index (χ1v) is 8.21. The molecular formula is C14H14N2O3S. The van der Waals surface area contributed by atoms with Crippen molar-refractivity contribution in [3.63, 3.8) is 0 Å². The lowest BCUT2D eigenvalue weighted by Crippen LogP contribution is -2.13. The molecule has 104 valence electrons. The van der Waals surface area contributed by atoms with E-state index in [0.29, 0.717) is 17.7 Å². The van der Waals surface area contributed by atoms with Crippen molar-refractivity contribution in [1.29, 1.82) is 0 Å². The zero-order valence-electron chi connectivity index (χ0n) is 10.8. The maximum atomic E-state index is 11.6. The van der Waals surface area contributed by atoms with E-state index in [1.165, 1.54) is 6.20 Å². The summed E-state index contributed by atoms with van der Waals surface area (Å²) >= 11 is 0. The van der Waals surface area contributed by atoms with Gasteiger partial charge in [0.2, 0.25) is 0 Å². The van der Waals surface area contributed by atoms with E-state index in [9.17, 15) is 13.2 Å². The van der Waals surface area contributed by atoms with Gasteiger partial charge in [0.05, 0.1) is 35.0 Å². The maximum absolute atomic E-state index is 11.6. The molecule has 1 atom stereocenters. The van der Waals surface area contributed by atoms with Crippen LogP contribution < -0.4 is 0 Å². The molecular weight excluding hydrogens is 276 g/mol. The summed E-state index contributed by atoms with van der Waals surface area (Å²) in [7, 11) is -2.99. The molecule has 1 unspecified atom stereocenters. The maximum Gasteiger partial charge on any atom is 0.153 e. The Labute approximate surface area is 117 Å². The number of hydrogen-bond donors (Lipinski definition) is 0. The van der Waals surface area contributed by atoms with Gasteiger partial charge >= 0.3 is 0 Å². The monoisotopic (exact) mass is 290 g/mol. The fourth-order valence-electron chi connectivity index (χ4n) is 2.60. The van der Waals surface area contributed by atoms with E-state index in [1.807, 2.05) is 30.3 Å². The highest BCUT2D eigenvalue weighted by Crippen LogP contribution is 2.30. The van der Waals surface area contributed by atoms with Crippen molar-refractivity contribution in [2.75, 3.05) is 11.5 Å². The van der Waals surface area contributed by atoms with E-state index in [-0.39, 0.29) is 17.5 Å². The Balaban J connectivity index is 2.09. The van der Waals surface area contributed by atoms with E-state index in [4.69, 9.17) is 0 Å². The molecule has 0 saturated carbocycles. The third-order valence-corrected chi connectivity index (χ3v) is 5.30. The Bertz CT molecular complexity index is 735. The molecule has 1 aliphatic rings. The van der Waals surface area contributed by atoms with Crippen LogP contribution in [-0.4, -0.2) is 36.0 Å². The van der Waals surface area contributed by atoms with Gasteiger partial charge in [-0.15, -0.1) is 0 Å². The summed E-state index contributed by atoms with van der Waals surface area (Å²) in [5.74, 6) is 0.273. The average molecular weight is 290 g/mol. The number of carbonyl (C=O) groups excluding carboxylic acids is 1. The number of hydrogen-bond acceptors (Lipinski definition) is 4. The standard InChI is InChI=1S/C14H14N2O3S/c17-9-12-8-15-16(13-6-7-20(18,19)10-13)14(12)11-4-2-1-3-5-11/h1-5,8-9,13H,6-7,10H2. The number of rotatable bonds is 3. The molecule has 0 bridgehead atoms. The summed E-state index contributed by atoms with van der Waals surface area (Å²) in [5.41, 5.74) is 2.06. The van der Waals surface area contributed by atoms with Crippen LogP contribution in [-0.2, 0) is 9.84 Å². The summed E-state index contributed by atoms with van der Waals surface area (Å²) in [6, 6.07) is 9.25. The second-order valence-corrected chi connectivity index (χ2v) is 7.16. The van der Waals surface area contributed by atoms with Crippen molar-refractivity contribution < 1.29 is 13.2 Å². The fourth-order valence-corrected chi connectivity index (χ4v) is 4.29. The lowest BCUT2D eigenvalue weighted by molar-refractivity contribution is 0.112. The first kappa shape index (κ1) is 13.1. The van der Waals surface area contributed by atoms with Crippen LogP contribution in [0.2, 0.25) is 0 Å². The number of aromatic nitrogens is 2. The van der Waals surface area contributed by atoms with Crippen molar-refractivity contribution in [3.05, 3.63) is 42.1 Å². The van der Waals surface area contributed by atoms with Crippen LogP contribution in [0, 0.1) is 0 Å². The predicted molar refractivity (Wildman–Crippen MR) is 75.4 cm³/mol. The van der Waals surface area contributed by atoms with E-state index >= 15 is 0 Å². The van der Waals surface area contributed by atoms with E-state index in [0.717, 1.165) is 11.8 Å². The molecule has 1 fully saturated rings. The molecule has 0 spiro atoms. The zero-order valence-corrected chi connectivity index (χ0v) is 11.6. The second-order valence-electron chi connectivity index (χ2n) is 4.93. The van der Waals surface area contributed by atoms with Gasteiger partial charge in [0.15, 0.2) is 16.1 Å². The quantitative estimate of drug-likeness (QED) is 0.807. The van der Waals surface area contributed by atoms with Gasteiger partial charge in [0, 0.05) is 5.56 Å². The second kappa shape index (κ2) is 4.86. The number of carbonyl (C=O) groups is 1. The third-order valence-electron chi connectivity index (χ3n) is 3.55. The van der Waals surface area contributed by atoms with Gasteiger partial charge in [-0.1, -0.05) is 30.3 Å². The molecule has 3 rings (SSSR count). The molecule has 0 aliphatic carbocycles. The lowest BCUT2D eigenvalue weighted by atomic mass is 10.1. The highest BCUT2D eigenvalue weighted by atomic mass is 32.2. The number of nitrogens with zero attached hydrogens (tertiary/aromatic N) is 2. The number of sulfone groups is 1. The Kier molecular flexibility index (Phi) is 3.17. The molecule has 0 N–H and O–H groups in total. The van der Waals surface area contributed by atoms with E-state index in [1.54, 1.807) is 4.68 Å². The van der Waals surface area contributed by atoms with Gasteiger partial charge in [-0.2, -0.15) is 5.10 Å². The van der Waals surface area contributed by atoms with Gasteiger partial charge in [-0.25, -0.2) is 8.42 Å². The number of aldehydes is 1. The fraction of sp³-hybridized carbons (Fsp3) is 0.286. The van der Waals surface area contributed by atoms with Gasteiger partial charge in [0.25, 0.3) is 0 Å². The van der Waals surface area contributed by atoms with E-state index in [2.05, 4.69) is 5.10 Å². The minimum absolute atomic E-state index is 0.0901. The third kappa shape index (κ3) is 2.27. The topological polar surface area (TPSA) is 69.0 Å². The highest BCUT2D eigenvalue weighted by Gasteiger charge is 2.31. The molecule has 2 heterocycles. The Hall–Kier alpha value is -1.95. The van der Waals surface area contributed by atoms with Gasteiger partial charge in [-0.05, 0) is 6.42 Å². The summed E-state index contributed by atoms with van der Waals surface area (Å²) in [4.78, 5) is 11.2. The first-order valence-electron chi connectivity index (χ1n) is 6.39. The van der Waals surface area contributed by atoms with Crippen molar-refractivity contribution in [2.24, 2.45) is 0 Å². The first-order chi connectivity index (χ1) is 9.61. The van der Waals surface area contributed by atoms with E-state index < -0.39 is 9.84 Å². The van der Waals surface area contributed by atoms with Crippen LogP contribution in [0.5, 0.6) is 0 Å².